The first-order valence-corrected chi connectivity index (χ1v) is 12.1. The minimum absolute atomic E-state index is 0.182. The molecule has 1 aromatic carbocycles. The molecule has 0 radical (unpaired) electrons. The Balaban J connectivity index is 1.67. The van der Waals surface area contributed by atoms with Gasteiger partial charge < -0.3 is 10.0 Å². The van der Waals surface area contributed by atoms with Crippen LogP contribution in [0.3, 0.4) is 0 Å². The zero-order chi connectivity index (χ0) is 24.9. The van der Waals surface area contributed by atoms with Crippen molar-refractivity contribution in [2.45, 2.75) is 38.0 Å². The Morgan fingerprint density at radius 3 is 2.51 bits per heavy atom. The van der Waals surface area contributed by atoms with Gasteiger partial charge in [0, 0.05) is 25.9 Å². The van der Waals surface area contributed by atoms with E-state index >= 15 is 0 Å². The molecule has 1 amide bonds. The van der Waals surface area contributed by atoms with Crippen molar-refractivity contribution in [1.82, 2.24) is 14.3 Å². The molecular formula is C27H26ClN3O4. The number of amides is 1. The number of carbonyl (C=O) groups is 3. The molecule has 1 fully saturated rings. The molecule has 2 aromatic heterocycles. The lowest BCUT2D eigenvalue weighted by atomic mass is 9.88. The summed E-state index contributed by atoms with van der Waals surface area (Å²) in [6.45, 7) is 0. The highest BCUT2D eigenvalue weighted by Gasteiger charge is 2.32. The number of imidazole rings is 1. The Hall–Kier alpha value is -3.45. The van der Waals surface area contributed by atoms with Crippen molar-refractivity contribution in [3.8, 4) is 0 Å². The smallest absolute Gasteiger partial charge is 0.306 e. The number of ketones is 1. The number of aromatic nitrogens is 2. The normalized spacial score (nSPS) is 17.8. The molecule has 0 bridgehead atoms. The molecule has 1 atom stereocenters. The van der Waals surface area contributed by atoms with E-state index in [2.05, 4.69) is 0 Å². The fourth-order valence-corrected chi connectivity index (χ4v) is 5.04. The van der Waals surface area contributed by atoms with Gasteiger partial charge in [0.2, 0.25) is 5.78 Å². The van der Waals surface area contributed by atoms with Gasteiger partial charge in [0.25, 0.3) is 5.91 Å². The second-order valence-corrected chi connectivity index (χ2v) is 9.91. The van der Waals surface area contributed by atoms with Crippen LogP contribution in [0.15, 0.2) is 42.6 Å². The van der Waals surface area contributed by atoms with E-state index in [1.807, 2.05) is 18.2 Å². The number of carboxylic acids is 1. The third-order valence-electron chi connectivity index (χ3n) is 6.85. The highest BCUT2D eigenvalue weighted by molar-refractivity contribution is 6.35. The SMILES string of the molecule is CN(C)C(=O)c1ccc2c(C3=CCC(C(=O)O)CC3)nc(C(=O)c3c(Cl)cccc3C3CC3)n2c1. The average Bonchev–Trinajstić information content (AvgIpc) is 3.63. The molecule has 7 nitrogen and oxygen atoms in total. The summed E-state index contributed by atoms with van der Waals surface area (Å²) in [6.07, 6.45) is 7.08. The maximum atomic E-state index is 13.9. The molecule has 1 N–H and O–H groups in total. The van der Waals surface area contributed by atoms with Crippen LogP contribution in [0.1, 0.15) is 75.8 Å². The van der Waals surface area contributed by atoms with E-state index in [4.69, 9.17) is 16.6 Å². The van der Waals surface area contributed by atoms with Crippen LogP contribution in [0.5, 0.6) is 0 Å². The number of nitrogens with zero attached hydrogens (tertiary/aromatic N) is 3. The first kappa shape index (κ1) is 23.3. The summed E-state index contributed by atoms with van der Waals surface area (Å²) in [5.74, 6) is -1.17. The molecule has 2 heterocycles. The van der Waals surface area contributed by atoms with Gasteiger partial charge in [-0.15, -0.1) is 0 Å². The van der Waals surface area contributed by atoms with Gasteiger partial charge in [-0.1, -0.05) is 29.8 Å². The van der Waals surface area contributed by atoms with Crippen molar-refractivity contribution in [3.63, 3.8) is 0 Å². The highest BCUT2D eigenvalue weighted by Crippen LogP contribution is 2.44. The summed E-state index contributed by atoms with van der Waals surface area (Å²) < 4.78 is 1.68. The zero-order valence-corrected chi connectivity index (χ0v) is 20.4. The quantitative estimate of drug-likeness (QED) is 0.486. The Kier molecular flexibility index (Phi) is 5.97. The van der Waals surface area contributed by atoms with Crippen LogP contribution in [0.2, 0.25) is 5.02 Å². The number of pyridine rings is 1. The number of rotatable bonds is 6. The number of fused-ring (bicyclic) bond motifs is 1. The van der Waals surface area contributed by atoms with Crippen LogP contribution < -0.4 is 0 Å². The molecule has 5 rings (SSSR count). The molecule has 0 aliphatic heterocycles. The fraction of sp³-hybridized carbons (Fsp3) is 0.333. The molecule has 1 saturated carbocycles. The highest BCUT2D eigenvalue weighted by atomic mass is 35.5. The van der Waals surface area contributed by atoms with Crippen LogP contribution >= 0.6 is 11.6 Å². The van der Waals surface area contributed by atoms with Crippen molar-refractivity contribution in [2.24, 2.45) is 5.92 Å². The zero-order valence-electron chi connectivity index (χ0n) is 19.6. The maximum absolute atomic E-state index is 13.9. The van der Waals surface area contributed by atoms with Gasteiger partial charge in [0.15, 0.2) is 5.82 Å². The second kappa shape index (κ2) is 8.96. The van der Waals surface area contributed by atoms with Crippen LogP contribution in [-0.4, -0.2) is 51.1 Å². The van der Waals surface area contributed by atoms with Gasteiger partial charge in [-0.05, 0) is 67.4 Å². The Morgan fingerprint density at radius 2 is 1.89 bits per heavy atom. The molecule has 8 heteroatoms. The van der Waals surface area contributed by atoms with E-state index in [1.165, 1.54) is 4.90 Å². The van der Waals surface area contributed by atoms with Crippen molar-refractivity contribution in [2.75, 3.05) is 14.1 Å². The van der Waals surface area contributed by atoms with E-state index < -0.39 is 11.9 Å². The molecule has 3 aromatic rings. The lowest BCUT2D eigenvalue weighted by Gasteiger charge is -2.17. The number of benzene rings is 1. The van der Waals surface area contributed by atoms with Crippen LogP contribution in [-0.2, 0) is 4.79 Å². The first-order chi connectivity index (χ1) is 16.8. The summed E-state index contributed by atoms with van der Waals surface area (Å²) in [5, 5.41) is 9.75. The topological polar surface area (TPSA) is 92.0 Å². The standard InChI is InChI=1S/C27H26ClN3O4/c1-30(2)26(33)18-12-13-21-23(16-8-10-17(11-9-16)27(34)35)29-25(31(21)14-18)24(32)22-19(15-6-7-15)4-3-5-20(22)28/h3-5,8,12-15,17H,6-7,9-11H2,1-2H3,(H,34,35). The minimum Gasteiger partial charge on any atom is -0.481 e. The number of carboxylic acid groups (broad SMARTS) is 1. The maximum Gasteiger partial charge on any atom is 0.306 e. The van der Waals surface area contributed by atoms with E-state index in [1.54, 1.807) is 42.9 Å². The molecule has 35 heavy (non-hydrogen) atoms. The lowest BCUT2D eigenvalue weighted by molar-refractivity contribution is -0.141. The van der Waals surface area contributed by atoms with Crippen molar-refractivity contribution in [1.29, 1.82) is 0 Å². The van der Waals surface area contributed by atoms with Crippen LogP contribution in [0, 0.1) is 5.92 Å². The number of aliphatic carboxylic acids is 1. The number of hydrogen-bond acceptors (Lipinski definition) is 4. The summed E-state index contributed by atoms with van der Waals surface area (Å²) in [5.41, 5.74) is 4.08. The molecule has 0 spiro atoms. The van der Waals surface area contributed by atoms with Gasteiger partial charge in [0.05, 0.1) is 27.7 Å². The van der Waals surface area contributed by atoms with E-state index in [0.29, 0.717) is 52.5 Å². The van der Waals surface area contributed by atoms with Gasteiger partial charge in [-0.2, -0.15) is 0 Å². The minimum atomic E-state index is -0.802. The van der Waals surface area contributed by atoms with E-state index in [0.717, 1.165) is 24.0 Å². The van der Waals surface area contributed by atoms with Gasteiger partial charge >= 0.3 is 5.97 Å². The summed E-state index contributed by atoms with van der Waals surface area (Å²) in [4.78, 5) is 44.3. The number of carbonyl (C=O) groups excluding carboxylic acids is 2. The van der Waals surface area contributed by atoms with Crippen molar-refractivity contribution in [3.05, 3.63) is 75.8 Å². The largest absolute Gasteiger partial charge is 0.481 e. The Labute approximate surface area is 208 Å². The van der Waals surface area contributed by atoms with Gasteiger partial charge in [-0.25, -0.2) is 4.98 Å². The van der Waals surface area contributed by atoms with Crippen molar-refractivity contribution < 1.29 is 19.5 Å². The lowest BCUT2D eigenvalue weighted by Crippen LogP contribution is -2.22. The first-order valence-electron chi connectivity index (χ1n) is 11.7. The molecule has 0 saturated heterocycles. The molecule has 2 aliphatic carbocycles. The summed E-state index contributed by atoms with van der Waals surface area (Å²) in [6, 6.07) is 9.06. The molecule has 2 aliphatic rings. The predicted molar refractivity (Wildman–Crippen MR) is 133 cm³/mol. The molecular weight excluding hydrogens is 466 g/mol. The molecule has 1 unspecified atom stereocenters. The number of halogens is 1. The van der Waals surface area contributed by atoms with E-state index in [9.17, 15) is 19.5 Å². The number of hydrogen-bond donors (Lipinski definition) is 1. The molecule has 180 valence electrons. The third kappa shape index (κ3) is 4.25. The fourth-order valence-electron chi connectivity index (χ4n) is 4.77. The monoisotopic (exact) mass is 491 g/mol. The van der Waals surface area contributed by atoms with Gasteiger partial charge in [0.1, 0.15) is 0 Å². The van der Waals surface area contributed by atoms with Crippen LogP contribution in [0.25, 0.3) is 11.1 Å². The Bertz CT molecular complexity index is 1400. The van der Waals surface area contributed by atoms with E-state index in [-0.39, 0.29) is 17.5 Å². The average molecular weight is 492 g/mol. The predicted octanol–water partition coefficient (Wildman–Crippen LogP) is 5.07. The Morgan fingerprint density at radius 1 is 1.11 bits per heavy atom. The van der Waals surface area contributed by atoms with Crippen LogP contribution in [0.4, 0.5) is 0 Å². The second-order valence-electron chi connectivity index (χ2n) is 9.50. The number of allylic oxidation sites excluding steroid dienone is 2. The third-order valence-corrected chi connectivity index (χ3v) is 7.16. The summed E-state index contributed by atoms with van der Waals surface area (Å²) >= 11 is 6.54. The summed E-state index contributed by atoms with van der Waals surface area (Å²) in [7, 11) is 3.35. The van der Waals surface area contributed by atoms with Gasteiger partial charge in [-0.3, -0.25) is 18.8 Å². The van der Waals surface area contributed by atoms with Crippen molar-refractivity contribution >= 4 is 40.4 Å².